The SMILES string of the molecule is CC(C)CCCOc1ccc(OC(F)(F)F)c(Br)c1. The Morgan fingerprint density at radius 3 is 2.47 bits per heavy atom. The molecule has 0 atom stereocenters. The fraction of sp³-hybridized carbons (Fsp3) is 0.538. The lowest BCUT2D eigenvalue weighted by Crippen LogP contribution is -2.17. The van der Waals surface area contributed by atoms with E-state index in [2.05, 4.69) is 34.5 Å². The summed E-state index contributed by atoms with van der Waals surface area (Å²) in [6.45, 7) is 4.80. The largest absolute Gasteiger partial charge is 0.573 e. The van der Waals surface area contributed by atoms with Crippen LogP contribution in [0.2, 0.25) is 0 Å². The maximum absolute atomic E-state index is 12.1. The van der Waals surface area contributed by atoms with Crippen molar-refractivity contribution in [1.82, 2.24) is 0 Å². The zero-order valence-corrected chi connectivity index (χ0v) is 12.3. The van der Waals surface area contributed by atoms with Crippen LogP contribution in [0.4, 0.5) is 13.2 Å². The van der Waals surface area contributed by atoms with Crippen molar-refractivity contribution in [3.05, 3.63) is 22.7 Å². The zero-order valence-electron chi connectivity index (χ0n) is 10.8. The molecule has 0 saturated carbocycles. The third-order valence-electron chi connectivity index (χ3n) is 2.32. The Kier molecular flexibility index (Phi) is 5.97. The first-order valence-corrected chi connectivity index (χ1v) is 6.75. The summed E-state index contributed by atoms with van der Waals surface area (Å²) < 4.78 is 45.7. The highest BCUT2D eigenvalue weighted by Crippen LogP contribution is 2.33. The summed E-state index contributed by atoms with van der Waals surface area (Å²) >= 11 is 3.03. The summed E-state index contributed by atoms with van der Waals surface area (Å²) in [6, 6.07) is 4.16. The van der Waals surface area contributed by atoms with Gasteiger partial charge in [-0.1, -0.05) is 13.8 Å². The minimum absolute atomic E-state index is 0.214. The molecule has 0 aliphatic heterocycles. The van der Waals surface area contributed by atoms with Gasteiger partial charge in [0, 0.05) is 0 Å². The molecule has 0 fully saturated rings. The maximum atomic E-state index is 12.1. The first kappa shape index (κ1) is 16.1. The molecule has 19 heavy (non-hydrogen) atoms. The molecule has 0 amide bonds. The average Bonchev–Trinajstić information content (AvgIpc) is 2.26. The van der Waals surface area contributed by atoms with E-state index >= 15 is 0 Å². The Morgan fingerprint density at radius 2 is 1.95 bits per heavy atom. The van der Waals surface area contributed by atoms with E-state index in [1.165, 1.54) is 18.2 Å². The van der Waals surface area contributed by atoms with Gasteiger partial charge in [0.25, 0.3) is 0 Å². The second kappa shape index (κ2) is 7.03. The van der Waals surface area contributed by atoms with Crippen molar-refractivity contribution in [2.75, 3.05) is 6.61 Å². The molecule has 0 unspecified atom stereocenters. The topological polar surface area (TPSA) is 18.5 Å². The van der Waals surface area contributed by atoms with E-state index in [9.17, 15) is 13.2 Å². The minimum atomic E-state index is -4.69. The van der Waals surface area contributed by atoms with E-state index in [0.717, 1.165) is 12.8 Å². The Hall–Kier alpha value is -0.910. The van der Waals surface area contributed by atoms with Crippen molar-refractivity contribution in [1.29, 1.82) is 0 Å². The van der Waals surface area contributed by atoms with Gasteiger partial charge in [-0.15, -0.1) is 13.2 Å². The van der Waals surface area contributed by atoms with Gasteiger partial charge in [-0.2, -0.15) is 0 Å². The fourth-order valence-corrected chi connectivity index (χ4v) is 1.90. The summed E-state index contributed by atoms with van der Waals surface area (Å²) in [4.78, 5) is 0. The summed E-state index contributed by atoms with van der Waals surface area (Å²) in [5.74, 6) is 0.852. The van der Waals surface area contributed by atoms with E-state index in [-0.39, 0.29) is 10.2 Å². The number of rotatable bonds is 6. The van der Waals surface area contributed by atoms with Crippen LogP contribution in [0.25, 0.3) is 0 Å². The number of ether oxygens (including phenoxy) is 2. The molecule has 1 rings (SSSR count). The second-order valence-electron chi connectivity index (χ2n) is 4.52. The van der Waals surface area contributed by atoms with Crippen LogP contribution in [-0.2, 0) is 0 Å². The Balaban J connectivity index is 2.52. The molecule has 0 heterocycles. The van der Waals surface area contributed by atoms with Crippen molar-refractivity contribution in [2.24, 2.45) is 5.92 Å². The van der Waals surface area contributed by atoms with Crippen LogP contribution in [0.3, 0.4) is 0 Å². The highest BCUT2D eigenvalue weighted by Gasteiger charge is 2.31. The van der Waals surface area contributed by atoms with Crippen molar-refractivity contribution in [2.45, 2.75) is 33.1 Å². The van der Waals surface area contributed by atoms with E-state index in [1.807, 2.05) is 0 Å². The van der Waals surface area contributed by atoms with Gasteiger partial charge in [-0.05, 0) is 52.9 Å². The van der Waals surface area contributed by atoms with Gasteiger partial charge >= 0.3 is 6.36 Å². The van der Waals surface area contributed by atoms with Crippen molar-refractivity contribution >= 4 is 15.9 Å². The predicted octanol–water partition coefficient (Wildman–Crippen LogP) is 5.16. The molecular formula is C13H16BrF3O2. The molecule has 0 aliphatic carbocycles. The quantitative estimate of drug-likeness (QED) is 0.665. The van der Waals surface area contributed by atoms with Crippen LogP contribution < -0.4 is 9.47 Å². The van der Waals surface area contributed by atoms with Gasteiger partial charge in [-0.25, -0.2) is 0 Å². The molecule has 108 valence electrons. The van der Waals surface area contributed by atoms with E-state index < -0.39 is 6.36 Å². The second-order valence-corrected chi connectivity index (χ2v) is 5.38. The number of hydrogen-bond acceptors (Lipinski definition) is 2. The van der Waals surface area contributed by atoms with Gasteiger partial charge in [0.2, 0.25) is 0 Å². The van der Waals surface area contributed by atoms with Crippen LogP contribution in [0.5, 0.6) is 11.5 Å². The molecule has 6 heteroatoms. The molecule has 0 aliphatic rings. The van der Waals surface area contributed by atoms with Crippen LogP contribution in [0.1, 0.15) is 26.7 Å². The molecule has 0 radical (unpaired) electrons. The standard InChI is InChI=1S/C13H16BrF3O2/c1-9(2)4-3-7-18-10-5-6-12(11(14)8-10)19-13(15,16)17/h5-6,8-9H,3-4,7H2,1-2H3. The zero-order chi connectivity index (χ0) is 14.5. The molecule has 1 aromatic carbocycles. The lowest BCUT2D eigenvalue weighted by Gasteiger charge is -2.12. The molecule has 2 nitrogen and oxygen atoms in total. The highest BCUT2D eigenvalue weighted by atomic mass is 79.9. The van der Waals surface area contributed by atoms with E-state index in [0.29, 0.717) is 18.3 Å². The Bertz CT molecular complexity index is 405. The van der Waals surface area contributed by atoms with Crippen LogP contribution >= 0.6 is 15.9 Å². The highest BCUT2D eigenvalue weighted by molar-refractivity contribution is 9.10. The van der Waals surface area contributed by atoms with Crippen molar-refractivity contribution in [3.8, 4) is 11.5 Å². The molecule has 0 bridgehead atoms. The summed E-state index contributed by atoms with van der Waals surface area (Å²) in [5.41, 5.74) is 0. The van der Waals surface area contributed by atoms with E-state index in [4.69, 9.17) is 4.74 Å². The van der Waals surface area contributed by atoms with Crippen molar-refractivity contribution in [3.63, 3.8) is 0 Å². The van der Waals surface area contributed by atoms with Crippen molar-refractivity contribution < 1.29 is 22.6 Å². The van der Waals surface area contributed by atoms with Gasteiger partial charge in [0.05, 0.1) is 11.1 Å². The number of alkyl halides is 3. The summed E-state index contributed by atoms with van der Waals surface area (Å²) in [5, 5.41) is 0. The molecule has 0 spiro atoms. The summed E-state index contributed by atoms with van der Waals surface area (Å²) in [7, 11) is 0. The van der Waals surface area contributed by atoms with Gasteiger partial charge in [0.1, 0.15) is 11.5 Å². The summed E-state index contributed by atoms with van der Waals surface area (Å²) in [6.07, 6.45) is -2.73. The van der Waals surface area contributed by atoms with Crippen LogP contribution in [0.15, 0.2) is 22.7 Å². The molecular weight excluding hydrogens is 325 g/mol. The number of halogens is 4. The van der Waals surface area contributed by atoms with Gasteiger partial charge < -0.3 is 9.47 Å². The molecule has 0 N–H and O–H groups in total. The van der Waals surface area contributed by atoms with Gasteiger partial charge in [-0.3, -0.25) is 0 Å². The van der Waals surface area contributed by atoms with E-state index in [1.54, 1.807) is 0 Å². The van der Waals surface area contributed by atoms with Crippen LogP contribution in [0, 0.1) is 5.92 Å². The molecule has 0 saturated heterocycles. The smallest absolute Gasteiger partial charge is 0.494 e. The monoisotopic (exact) mass is 340 g/mol. The Labute approximate surface area is 119 Å². The Morgan fingerprint density at radius 1 is 1.26 bits per heavy atom. The maximum Gasteiger partial charge on any atom is 0.573 e. The third kappa shape index (κ3) is 6.71. The first-order valence-electron chi connectivity index (χ1n) is 5.96. The number of hydrogen-bond donors (Lipinski definition) is 0. The molecule has 1 aromatic rings. The fourth-order valence-electron chi connectivity index (χ4n) is 1.46. The normalized spacial score (nSPS) is 11.7. The first-order chi connectivity index (χ1) is 8.78. The lowest BCUT2D eigenvalue weighted by atomic mass is 10.1. The van der Waals surface area contributed by atoms with Gasteiger partial charge in [0.15, 0.2) is 0 Å². The number of benzene rings is 1. The third-order valence-corrected chi connectivity index (χ3v) is 2.94. The van der Waals surface area contributed by atoms with Crippen LogP contribution in [-0.4, -0.2) is 13.0 Å². The molecule has 0 aromatic heterocycles. The average molecular weight is 341 g/mol. The lowest BCUT2D eigenvalue weighted by molar-refractivity contribution is -0.274. The minimum Gasteiger partial charge on any atom is -0.494 e. The predicted molar refractivity (Wildman–Crippen MR) is 70.4 cm³/mol.